The van der Waals surface area contributed by atoms with Crippen LogP contribution in [0.4, 0.5) is 5.69 Å². The lowest BCUT2D eigenvalue weighted by Gasteiger charge is -2.13. The van der Waals surface area contributed by atoms with Gasteiger partial charge in [0.2, 0.25) is 5.91 Å². The molecule has 0 aliphatic carbocycles. The van der Waals surface area contributed by atoms with Gasteiger partial charge in [-0.15, -0.1) is 6.42 Å². The van der Waals surface area contributed by atoms with E-state index in [0.717, 1.165) is 17.5 Å². The maximum absolute atomic E-state index is 12.9. The Labute approximate surface area is 154 Å². The van der Waals surface area contributed by atoms with E-state index in [1.165, 1.54) is 6.21 Å². The average molecular weight is 346 g/mol. The first-order valence-electron chi connectivity index (χ1n) is 8.55. The molecule has 1 atom stereocenters. The van der Waals surface area contributed by atoms with Crippen LogP contribution in [0.2, 0.25) is 0 Å². The predicted molar refractivity (Wildman–Crippen MR) is 105 cm³/mol. The maximum atomic E-state index is 12.9. The van der Waals surface area contributed by atoms with Crippen molar-refractivity contribution in [1.82, 2.24) is 5.32 Å². The number of rotatable bonds is 7. The lowest BCUT2D eigenvalue weighted by molar-refractivity contribution is -0.121. The Bertz CT molecular complexity index is 845. The van der Waals surface area contributed by atoms with Crippen LogP contribution in [0.3, 0.4) is 0 Å². The van der Waals surface area contributed by atoms with Gasteiger partial charge < -0.3 is 5.32 Å². The van der Waals surface area contributed by atoms with E-state index in [1.54, 1.807) is 36.4 Å². The molecule has 2 aromatic carbocycles. The molecule has 1 amide bonds. The minimum absolute atomic E-state index is 0.263. The van der Waals surface area contributed by atoms with E-state index in [1.807, 2.05) is 26.0 Å². The predicted octanol–water partition coefficient (Wildman–Crippen LogP) is 3.70. The lowest BCUT2D eigenvalue weighted by Crippen LogP contribution is -2.37. The molecule has 0 radical (unpaired) electrons. The van der Waals surface area contributed by atoms with Crippen molar-refractivity contribution in [2.75, 3.05) is 6.54 Å². The van der Waals surface area contributed by atoms with Crippen molar-refractivity contribution in [2.24, 2.45) is 10.9 Å². The molecule has 132 valence electrons. The molecule has 1 N–H and O–H groups in total. The lowest BCUT2D eigenvalue weighted by atomic mass is 9.94. The largest absolute Gasteiger partial charge is 0.355 e. The zero-order valence-electron chi connectivity index (χ0n) is 15.0. The maximum Gasteiger partial charge on any atom is 0.236 e. The second-order valence-corrected chi connectivity index (χ2v) is 5.92. The number of benzene rings is 2. The van der Waals surface area contributed by atoms with Gasteiger partial charge in [0.15, 0.2) is 5.78 Å². The van der Waals surface area contributed by atoms with Crippen molar-refractivity contribution in [2.45, 2.75) is 20.3 Å². The van der Waals surface area contributed by atoms with Gasteiger partial charge in [0.05, 0.1) is 5.69 Å². The molecule has 0 bridgehead atoms. The Balaban J connectivity index is 2.29. The van der Waals surface area contributed by atoms with Gasteiger partial charge in [0.25, 0.3) is 0 Å². The first-order valence-corrected chi connectivity index (χ1v) is 8.55. The number of terminal acetylenes is 1. The van der Waals surface area contributed by atoms with Crippen LogP contribution < -0.4 is 5.32 Å². The molecule has 0 saturated heterocycles. The first-order chi connectivity index (χ1) is 12.6. The molecule has 0 aromatic heterocycles. The molecule has 26 heavy (non-hydrogen) atoms. The fraction of sp³-hybridized carbons (Fsp3) is 0.227. The molecule has 0 spiro atoms. The van der Waals surface area contributed by atoms with Crippen LogP contribution in [0.25, 0.3) is 0 Å². The van der Waals surface area contributed by atoms with Crippen LogP contribution in [0, 0.1) is 25.2 Å². The Hall–Kier alpha value is -3.19. The standard InChI is InChI=1S/C22H22N2O2/c1-4-14-23-22(26)20(21(25)19-9-7-6-8-16(19)3)15-24-18-12-10-17(5-2)11-13-18/h2,6-13,15,20H,4,14H2,1,3H3,(H,23,26). The third-order valence-electron chi connectivity index (χ3n) is 3.93. The molecule has 0 heterocycles. The van der Waals surface area contributed by atoms with Gasteiger partial charge in [-0.25, -0.2) is 0 Å². The zero-order valence-corrected chi connectivity index (χ0v) is 15.0. The summed E-state index contributed by atoms with van der Waals surface area (Å²) in [4.78, 5) is 29.7. The minimum Gasteiger partial charge on any atom is -0.355 e. The highest BCUT2D eigenvalue weighted by molar-refractivity contribution is 6.20. The minimum atomic E-state index is -0.977. The van der Waals surface area contributed by atoms with Crippen LogP contribution in [0.1, 0.15) is 34.8 Å². The summed E-state index contributed by atoms with van der Waals surface area (Å²) in [6, 6.07) is 14.3. The second-order valence-electron chi connectivity index (χ2n) is 5.92. The van der Waals surface area contributed by atoms with E-state index >= 15 is 0 Å². The number of amides is 1. The van der Waals surface area contributed by atoms with E-state index in [0.29, 0.717) is 17.8 Å². The fourth-order valence-corrected chi connectivity index (χ4v) is 2.43. The molecule has 1 unspecified atom stereocenters. The van der Waals surface area contributed by atoms with E-state index in [4.69, 9.17) is 6.42 Å². The average Bonchev–Trinajstić information content (AvgIpc) is 2.67. The normalized spacial score (nSPS) is 11.7. The zero-order chi connectivity index (χ0) is 18.9. The smallest absolute Gasteiger partial charge is 0.236 e. The number of hydrogen-bond acceptors (Lipinski definition) is 3. The number of aliphatic imine (C=N–C) groups is 1. The van der Waals surface area contributed by atoms with Gasteiger partial charge >= 0.3 is 0 Å². The molecular weight excluding hydrogens is 324 g/mol. The van der Waals surface area contributed by atoms with Crippen molar-refractivity contribution in [3.05, 3.63) is 65.2 Å². The Morgan fingerprint density at radius 3 is 2.50 bits per heavy atom. The van der Waals surface area contributed by atoms with Gasteiger partial charge in [-0.1, -0.05) is 37.1 Å². The quantitative estimate of drug-likeness (QED) is 0.360. The van der Waals surface area contributed by atoms with E-state index in [9.17, 15) is 9.59 Å². The summed E-state index contributed by atoms with van der Waals surface area (Å²) < 4.78 is 0. The Morgan fingerprint density at radius 2 is 1.88 bits per heavy atom. The molecule has 2 rings (SSSR count). The van der Waals surface area contributed by atoms with E-state index in [-0.39, 0.29) is 11.7 Å². The Morgan fingerprint density at radius 1 is 1.19 bits per heavy atom. The highest BCUT2D eigenvalue weighted by Crippen LogP contribution is 2.16. The number of aryl methyl sites for hydroxylation is 1. The van der Waals surface area contributed by atoms with Crippen LogP contribution in [-0.4, -0.2) is 24.4 Å². The van der Waals surface area contributed by atoms with Crippen molar-refractivity contribution in [3.63, 3.8) is 0 Å². The molecule has 0 saturated carbocycles. The van der Waals surface area contributed by atoms with Crippen LogP contribution >= 0.6 is 0 Å². The van der Waals surface area contributed by atoms with Crippen LogP contribution in [0.5, 0.6) is 0 Å². The van der Waals surface area contributed by atoms with E-state index in [2.05, 4.69) is 16.2 Å². The van der Waals surface area contributed by atoms with Gasteiger partial charge in [-0.2, -0.15) is 0 Å². The molecule has 0 fully saturated rings. The number of nitrogens with one attached hydrogen (secondary N) is 1. The number of ketones is 1. The number of hydrogen-bond donors (Lipinski definition) is 1. The second kappa shape index (κ2) is 9.33. The summed E-state index contributed by atoms with van der Waals surface area (Å²) in [5.41, 5.74) is 2.74. The summed E-state index contributed by atoms with van der Waals surface area (Å²) in [6.07, 6.45) is 7.54. The molecule has 4 heteroatoms. The van der Waals surface area contributed by atoms with Crippen molar-refractivity contribution < 1.29 is 9.59 Å². The first kappa shape index (κ1) is 19.1. The number of carbonyl (C=O) groups is 2. The van der Waals surface area contributed by atoms with Gasteiger partial charge in [0, 0.05) is 23.9 Å². The van der Waals surface area contributed by atoms with Gasteiger partial charge in [-0.3, -0.25) is 14.6 Å². The van der Waals surface area contributed by atoms with E-state index < -0.39 is 5.92 Å². The van der Waals surface area contributed by atoms with Crippen LogP contribution in [0.15, 0.2) is 53.5 Å². The summed E-state index contributed by atoms with van der Waals surface area (Å²) in [6.45, 7) is 4.32. The number of carbonyl (C=O) groups excluding carboxylic acids is 2. The van der Waals surface area contributed by atoms with Gasteiger partial charge in [0.1, 0.15) is 5.92 Å². The highest BCUT2D eigenvalue weighted by Gasteiger charge is 2.26. The van der Waals surface area contributed by atoms with Crippen molar-refractivity contribution in [1.29, 1.82) is 0 Å². The summed E-state index contributed by atoms with van der Waals surface area (Å²) in [5, 5.41) is 2.78. The monoisotopic (exact) mass is 346 g/mol. The Kier molecular flexibility index (Phi) is 6.87. The number of nitrogens with zero attached hydrogens (tertiary/aromatic N) is 1. The third-order valence-corrected chi connectivity index (χ3v) is 3.93. The van der Waals surface area contributed by atoms with Crippen molar-refractivity contribution >= 4 is 23.6 Å². The molecule has 0 aliphatic heterocycles. The van der Waals surface area contributed by atoms with Gasteiger partial charge in [-0.05, 0) is 43.2 Å². The highest BCUT2D eigenvalue weighted by atomic mass is 16.2. The fourth-order valence-electron chi connectivity index (χ4n) is 2.43. The third kappa shape index (κ3) is 4.90. The summed E-state index contributed by atoms with van der Waals surface area (Å²) >= 11 is 0. The van der Waals surface area contributed by atoms with Crippen LogP contribution in [-0.2, 0) is 4.79 Å². The molecule has 4 nitrogen and oxygen atoms in total. The van der Waals surface area contributed by atoms with Crippen molar-refractivity contribution in [3.8, 4) is 12.3 Å². The molecule has 0 aliphatic rings. The SMILES string of the molecule is C#Cc1ccc(N=CC(C(=O)NCCC)C(=O)c2ccccc2C)cc1. The molecule has 2 aromatic rings. The topological polar surface area (TPSA) is 58.5 Å². The summed E-state index contributed by atoms with van der Waals surface area (Å²) in [7, 11) is 0. The number of Topliss-reactive ketones (excluding diaryl/α,β-unsaturated/α-hetero) is 1. The summed E-state index contributed by atoms with van der Waals surface area (Å²) in [5.74, 6) is 0.953. The molecular formula is C22H22N2O2.